The molecule has 0 spiro atoms. The Morgan fingerprint density at radius 1 is 1.40 bits per heavy atom. The van der Waals surface area contributed by atoms with E-state index in [1.54, 1.807) is 18.2 Å². The number of alkyl halides is 1. The number of aliphatic hydroxyl groups excluding tert-OH is 1. The molecule has 0 saturated carbocycles. The number of halogens is 1. The Bertz CT molecular complexity index is 308. The Hall–Kier alpha value is -0.745. The van der Waals surface area contributed by atoms with Crippen molar-refractivity contribution in [2.75, 3.05) is 12.5 Å². The van der Waals surface area contributed by atoms with Crippen molar-refractivity contribution in [3.8, 4) is 5.75 Å². The number of benzene rings is 1. The van der Waals surface area contributed by atoms with Gasteiger partial charge in [0.05, 0.1) is 5.88 Å². The maximum absolute atomic E-state index is 9.14. The van der Waals surface area contributed by atoms with Gasteiger partial charge in [-0.2, -0.15) is 0 Å². The van der Waals surface area contributed by atoms with Crippen LogP contribution in [-0.2, 0) is 0 Å². The highest BCUT2D eigenvalue weighted by Gasteiger charge is 2.11. The molecule has 0 amide bonds. The zero-order valence-corrected chi connectivity index (χ0v) is 8.76. The highest BCUT2D eigenvalue weighted by molar-refractivity contribution is 6.58. The molecular weight excluding hydrogens is 218 g/mol. The molecule has 1 atom stereocenters. The van der Waals surface area contributed by atoms with E-state index < -0.39 is 13.2 Å². The van der Waals surface area contributed by atoms with E-state index in [-0.39, 0.29) is 12.5 Å². The normalized spacial score (nSPS) is 12.3. The van der Waals surface area contributed by atoms with Crippen LogP contribution in [0.15, 0.2) is 24.3 Å². The van der Waals surface area contributed by atoms with E-state index in [0.29, 0.717) is 11.2 Å². The molecule has 4 nitrogen and oxygen atoms in total. The smallest absolute Gasteiger partial charge is 0.488 e. The second-order valence-corrected chi connectivity index (χ2v) is 3.37. The van der Waals surface area contributed by atoms with Crippen molar-refractivity contribution in [2.24, 2.45) is 0 Å². The topological polar surface area (TPSA) is 69.9 Å². The van der Waals surface area contributed by atoms with Gasteiger partial charge in [-0.15, -0.1) is 11.6 Å². The van der Waals surface area contributed by atoms with Crippen molar-refractivity contribution in [3.63, 3.8) is 0 Å². The molecule has 0 bridgehead atoms. The van der Waals surface area contributed by atoms with Crippen LogP contribution in [-0.4, -0.2) is 40.9 Å². The number of hydrogen-bond donors (Lipinski definition) is 3. The zero-order valence-electron chi connectivity index (χ0n) is 8.01. The summed E-state index contributed by atoms with van der Waals surface area (Å²) in [6.45, 7) is 0.0779. The van der Waals surface area contributed by atoms with Crippen LogP contribution in [0.25, 0.3) is 0 Å². The minimum absolute atomic E-state index is 0.0779. The van der Waals surface area contributed by atoms with Crippen LogP contribution in [0.5, 0.6) is 5.75 Å². The van der Waals surface area contributed by atoms with Crippen molar-refractivity contribution < 1.29 is 19.9 Å². The highest BCUT2D eigenvalue weighted by atomic mass is 35.5. The first-order chi connectivity index (χ1) is 7.13. The van der Waals surface area contributed by atoms with E-state index in [0.717, 1.165) is 0 Å². The van der Waals surface area contributed by atoms with Crippen LogP contribution in [0, 0.1) is 0 Å². The summed E-state index contributed by atoms with van der Waals surface area (Å²) in [5.74, 6) is 0.562. The summed E-state index contributed by atoms with van der Waals surface area (Å²) in [5, 5.41) is 26.9. The van der Waals surface area contributed by atoms with E-state index >= 15 is 0 Å². The monoisotopic (exact) mass is 230 g/mol. The van der Waals surface area contributed by atoms with E-state index in [9.17, 15) is 0 Å². The van der Waals surface area contributed by atoms with Crippen molar-refractivity contribution in [1.82, 2.24) is 0 Å². The molecule has 3 N–H and O–H groups in total. The lowest BCUT2D eigenvalue weighted by Gasteiger charge is -2.10. The number of rotatable bonds is 5. The van der Waals surface area contributed by atoms with Crippen LogP contribution >= 0.6 is 11.6 Å². The molecule has 0 aromatic heterocycles. The van der Waals surface area contributed by atoms with Crippen molar-refractivity contribution in [2.45, 2.75) is 6.10 Å². The number of aliphatic hydroxyl groups is 1. The molecule has 1 rings (SSSR count). The third-order valence-electron chi connectivity index (χ3n) is 1.78. The van der Waals surface area contributed by atoms with Crippen molar-refractivity contribution >= 4 is 24.2 Å². The first-order valence-electron chi connectivity index (χ1n) is 4.46. The van der Waals surface area contributed by atoms with E-state index in [1.807, 2.05) is 0 Å². The van der Waals surface area contributed by atoms with Gasteiger partial charge < -0.3 is 19.9 Å². The average Bonchev–Trinajstić information content (AvgIpc) is 2.26. The van der Waals surface area contributed by atoms with Crippen molar-refractivity contribution in [1.29, 1.82) is 0 Å². The van der Waals surface area contributed by atoms with Crippen LogP contribution < -0.4 is 10.2 Å². The molecule has 0 radical (unpaired) electrons. The molecular formula is C9H12BClO4. The second kappa shape index (κ2) is 5.97. The predicted octanol–water partition coefficient (Wildman–Crippen LogP) is -0.655. The lowest BCUT2D eigenvalue weighted by molar-refractivity contribution is 0.125. The molecule has 1 aromatic rings. The van der Waals surface area contributed by atoms with Gasteiger partial charge in [-0.3, -0.25) is 0 Å². The summed E-state index contributed by atoms with van der Waals surface area (Å²) in [6.07, 6.45) is -0.727. The van der Waals surface area contributed by atoms with Gasteiger partial charge in [0.15, 0.2) is 0 Å². The standard InChI is InChI=1S/C9H12BClO4/c11-5-8(12)6-15-9-3-1-2-7(4-9)10(13)14/h1-4,8,12-14H,5-6H2. The third kappa shape index (κ3) is 4.09. The SMILES string of the molecule is OB(O)c1cccc(OCC(O)CCl)c1. The van der Waals surface area contributed by atoms with Gasteiger partial charge in [-0.1, -0.05) is 12.1 Å². The van der Waals surface area contributed by atoms with Gasteiger partial charge in [-0.05, 0) is 17.6 Å². The largest absolute Gasteiger partial charge is 0.491 e. The maximum Gasteiger partial charge on any atom is 0.488 e. The van der Waals surface area contributed by atoms with Crippen LogP contribution in [0.4, 0.5) is 0 Å². The van der Waals surface area contributed by atoms with Gasteiger partial charge in [-0.25, -0.2) is 0 Å². The molecule has 0 fully saturated rings. The Labute approximate surface area is 93.2 Å². The molecule has 1 aromatic carbocycles. The minimum Gasteiger partial charge on any atom is -0.491 e. The summed E-state index contributed by atoms with van der Waals surface area (Å²) in [6, 6.07) is 6.35. The molecule has 6 heteroatoms. The summed E-state index contributed by atoms with van der Waals surface area (Å²) >= 11 is 5.39. The first kappa shape index (κ1) is 12.3. The van der Waals surface area contributed by atoms with Gasteiger partial charge in [0.1, 0.15) is 18.5 Å². The summed E-state index contributed by atoms with van der Waals surface area (Å²) in [7, 11) is -1.52. The minimum atomic E-state index is -1.52. The van der Waals surface area contributed by atoms with Crippen LogP contribution in [0.2, 0.25) is 0 Å². The lowest BCUT2D eigenvalue weighted by Crippen LogP contribution is -2.29. The molecule has 0 aliphatic heterocycles. The van der Waals surface area contributed by atoms with E-state index in [4.69, 9.17) is 31.5 Å². The zero-order chi connectivity index (χ0) is 11.3. The molecule has 0 aliphatic carbocycles. The molecule has 0 saturated heterocycles. The molecule has 0 aliphatic rings. The second-order valence-electron chi connectivity index (χ2n) is 3.07. The van der Waals surface area contributed by atoms with Gasteiger partial charge in [0.25, 0.3) is 0 Å². The quantitative estimate of drug-likeness (QED) is 0.464. The summed E-state index contributed by atoms with van der Waals surface area (Å²) in [5.41, 5.74) is 0.341. The van der Waals surface area contributed by atoms with Gasteiger partial charge in [0, 0.05) is 0 Å². The fourth-order valence-electron chi connectivity index (χ4n) is 1.00. The van der Waals surface area contributed by atoms with E-state index in [1.165, 1.54) is 6.07 Å². The first-order valence-corrected chi connectivity index (χ1v) is 5.00. The van der Waals surface area contributed by atoms with Crippen LogP contribution in [0.3, 0.4) is 0 Å². The Morgan fingerprint density at radius 2 is 2.13 bits per heavy atom. The number of ether oxygens (including phenoxy) is 1. The average molecular weight is 230 g/mol. The van der Waals surface area contributed by atoms with E-state index in [2.05, 4.69) is 0 Å². The Morgan fingerprint density at radius 3 is 2.73 bits per heavy atom. The highest BCUT2D eigenvalue weighted by Crippen LogP contribution is 2.08. The lowest BCUT2D eigenvalue weighted by atomic mass is 9.80. The fourth-order valence-corrected chi connectivity index (χ4v) is 1.09. The Balaban J connectivity index is 2.58. The third-order valence-corrected chi connectivity index (χ3v) is 2.13. The molecule has 82 valence electrons. The molecule has 0 heterocycles. The summed E-state index contributed by atoms with van der Waals surface area (Å²) < 4.78 is 5.19. The molecule has 1 unspecified atom stereocenters. The molecule has 15 heavy (non-hydrogen) atoms. The maximum atomic E-state index is 9.14. The van der Waals surface area contributed by atoms with Crippen molar-refractivity contribution in [3.05, 3.63) is 24.3 Å². The number of hydrogen-bond acceptors (Lipinski definition) is 4. The van der Waals surface area contributed by atoms with Gasteiger partial charge in [0.2, 0.25) is 0 Å². The van der Waals surface area contributed by atoms with Gasteiger partial charge >= 0.3 is 7.12 Å². The summed E-state index contributed by atoms with van der Waals surface area (Å²) in [4.78, 5) is 0. The van der Waals surface area contributed by atoms with Crippen LogP contribution in [0.1, 0.15) is 0 Å². The fraction of sp³-hybridized carbons (Fsp3) is 0.333. The Kier molecular flexibility index (Phi) is 4.91. The predicted molar refractivity (Wildman–Crippen MR) is 58.5 cm³/mol.